The highest BCUT2D eigenvalue weighted by atomic mass is 35.5. The van der Waals surface area contributed by atoms with Crippen LogP contribution >= 0.6 is 57.9 Å². The Morgan fingerprint density at radius 1 is 1.03 bits per heavy atom. The van der Waals surface area contributed by atoms with Gasteiger partial charge in [0.2, 0.25) is 5.13 Å². The number of carbonyl (C=O) groups is 1. The number of thioether (sulfide) groups is 1. The Labute approximate surface area is 217 Å². The van der Waals surface area contributed by atoms with Crippen LogP contribution in [0.5, 0.6) is 5.75 Å². The normalized spacial score (nSPS) is 10.9. The predicted octanol–water partition coefficient (Wildman–Crippen LogP) is 8.39. The van der Waals surface area contributed by atoms with E-state index < -0.39 is 0 Å². The summed E-state index contributed by atoms with van der Waals surface area (Å²) in [6.45, 7) is 2.72. The number of nitrogens with zero attached hydrogens (tertiary/aromatic N) is 2. The van der Waals surface area contributed by atoms with E-state index >= 15 is 0 Å². The van der Waals surface area contributed by atoms with E-state index in [9.17, 15) is 4.79 Å². The standard InChI is InChI=1S/C23H24Cl3N3O2S2/c1-2-3-4-5-8-11-31-20-18(25)12-16(13-19(20)26)21(30)27-22-28-29-23(33-22)32-14-15-9-6-7-10-17(15)24/h6-7,9-10,12-13H,2-5,8,11,14H2,1H3,(H,27,28,30). The van der Waals surface area contributed by atoms with Gasteiger partial charge in [0, 0.05) is 16.3 Å². The van der Waals surface area contributed by atoms with Crippen molar-refractivity contribution in [1.29, 1.82) is 0 Å². The summed E-state index contributed by atoms with van der Waals surface area (Å²) in [5, 5.41) is 12.6. The van der Waals surface area contributed by atoms with Crippen LogP contribution in [0.15, 0.2) is 40.7 Å². The number of benzene rings is 2. The van der Waals surface area contributed by atoms with E-state index in [2.05, 4.69) is 22.4 Å². The minimum Gasteiger partial charge on any atom is -0.490 e. The van der Waals surface area contributed by atoms with E-state index in [4.69, 9.17) is 39.5 Å². The zero-order valence-electron chi connectivity index (χ0n) is 18.1. The lowest BCUT2D eigenvalue weighted by atomic mass is 10.2. The SMILES string of the molecule is CCCCCCCOc1c(Cl)cc(C(=O)Nc2nnc(SCc3ccccc3Cl)s2)cc1Cl. The molecule has 1 N–H and O–H groups in total. The van der Waals surface area contributed by atoms with Crippen molar-refractivity contribution in [1.82, 2.24) is 10.2 Å². The second-order valence-electron chi connectivity index (χ2n) is 7.24. The Morgan fingerprint density at radius 2 is 1.76 bits per heavy atom. The van der Waals surface area contributed by atoms with Crippen LogP contribution in [0.1, 0.15) is 54.9 Å². The minimum atomic E-state index is -0.372. The summed E-state index contributed by atoms with van der Waals surface area (Å²) in [6.07, 6.45) is 5.64. The molecule has 0 atom stereocenters. The van der Waals surface area contributed by atoms with Gasteiger partial charge in [-0.25, -0.2) is 0 Å². The number of hydrogen-bond donors (Lipinski definition) is 1. The quantitative estimate of drug-likeness (QED) is 0.141. The molecule has 0 fully saturated rings. The molecule has 3 rings (SSSR count). The summed E-state index contributed by atoms with van der Waals surface area (Å²) in [6, 6.07) is 10.7. The van der Waals surface area contributed by atoms with Crippen LogP contribution in [-0.4, -0.2) is 22.7 Å². The van der Waals surface area contributed by atoms with Crippen molar-refractivity contribution >= 4 is 68.9 Å². The molecule has 1 heterocycles. The van der Waals surface area contributed by atoms with Crippen LogP contribution in [0.4, 0.5) is 5.13 Å². The summed E-state index contributed by atoms with van der Waals surface area (Å²) < 4.78 is 6.47. The van der Waals surface area contributed by atoms with E-state index in [0.717, 1.165) is 22.7 Å². The lowest BCUT2D eigenvalue weighted by Crippen LogP contribution is -2.12. The molecule has 0 bridgehead atoms. The van der Waals surface area contributed by atoms with Gasteiger partial charge in [0.25, 0.3) is 5.91 Å². The van der Waals surface area contributed by atoms with Crippen molar-refractivity contribution in [3.8, 4) is 5.75 Å². The molecule has 3 aromatic rings. The van der Waals surface area contributed by atoms with Crippen LogP contribution in [0.3, 0.4) is 0 Å². The fourth-order valence-electron chi connectivity index (χ4n) is 2.95. The highest BCUT2D eigenvalue weighted by molar-refractivity contribution is 8.00. The number of rotatable bonds is 12. The number of aromatic nitrogens is 2. The Morgan fingerprint density at radius 3 is 2.48 bits per heavy atom. The van der Waals surface area contributed by atoms with Crippen molar-refractivity contribution in [2.45, 2.75) is 49.1 Å². The first-order chi connectivity index (χ1) is 16.0. The highest BCUT2D eigenvalue weighted by Crippen LogP contribution is 2.35. The van der Waals surface area contributed by atoms with Gasteiger partial charge in [0.15, 0.2) is 10.1 Å². The first-order valence-corrected chi connectivity index (χ1v) is 13.5. The van der Waals surface area contributed by atoms with Gasteiger partial charge in [-0.15, -0.1) is 10.2 Å². The maximum atomic E-state index is 12.7. The van der Waals surface area contributed by atoms with E-state index in [0.29, 0.717) is 43.9 Å². The first kappa shape index (κ1) is 26.1. The molecule has 1 aromatic heterocycles. The van der Waals surface area contributed by atoms with Gasteiger partial charge in [-0.3, -0.25) is 10.1 Å². The molecule has 10 heteroatoms. The number of anilines is 1. The molecule has 176 valence electrons. The maximum Gasteiger partial charge on any atom is 0.257 e. The van der Waals surface area contributed by atoms with Gasteiger partial charge in [-0.05, 0) is 30.2 Å². The molecule has 0 radical (unpaired) electrons. The minimum absolute atomic E-state index is 0.300. The van der Waals surface area contributed by atoms with Crippen LogP contribution < -0.4 is 10.1 Å². The molecule has 0 unspecified atom stereocenters. The molecule has 0 aliphatic carbocycles. The zero-order valence-corrected chi connectivity index (χ0v) is 22.0. The van der Waals surface area contributed by atoms with Crippen LogP contribution in [0.25, 0.3) is 0 Å². The molecular formula is C23H24Cl3N3O2S2. The molecule has 0 saturated heterocycles. The van der Waals surface area contributed by atoms with E-state index in [1.54, 1.807) is 12.1 Å². The van der Waals surface area contributed by atoms with Crippen molar-refractivity contribution in [3.63, 3.8) is 0 Å². The van der Waals surface area contributed by atoms with Crippen molar-refractivity contribution in [2.75, 3.05) is 11.9 Å². The lowest BCUT2D eigenvalue weighted by Gasteiger charge is -2.11. The molecule has 33 heavy (non-hydrogen) atoms. The Kier molecular flexibility index (Phi) is 10.6. The third-order valence-electron chi connectivity index (χ3n) is 4.69. The molecular weight excluding hydrogens is 521 g/mol. The van der Waals surface area contributed by atoms with E-state index in [-0.39, 0.29) is 5.91 Å². The summed E-state index contributed by atoms with van der Waals surface area (Å²) in [5.41, 5.74) is 1.33. The Bertz CT molecular complexity index is 1060. The first-order valence-electron chi connectivity index (χ1n) is 10.6. The number of amides is 1. The number of nitrogens with one attached hydrogen (secondary N) is 1. The van der Waals surface area contributed by atoms with Gasteiger partial charge in [-0.1, -0.05) is 109 Å². The number of unbranched alkanes of at least 4 members (excludes halogenated alkanes) is 4. The second kappa shape index (κ2) is 13.4. The second-order valence-corrected chi connectivity index (χ2v) is 10.7. The predicted molar refractivity (Wildman–Crippen MR) is 140 cm³/mol. The third-order valence-corrected chi connectivity index (χ3v) is 7.64. The van der Waals surface area contributed by atoms with Gasteiger partial charge in [0.1, 0.15) is 0 Å². The van der Waals surface area contributed by atoms with Crippen LogP contribution in [-0.2, 0) is 5.75 Å². The largest absolute Gasteiger partial charge is 0.490 e. The molecule has 2 aromatic carbocycles. The third kappa shape index (κ3) is 8.04. The fourth-order valence-corrected chi connectivity index (χ4v) is 5.58. The van der Waals surface area contributed by atoms with Crippen molar-refractivity contribution < 1.29 is 9.53 Å². The molecule has 0 spiro atoms. The van der Waals surface area contributed by atoms with E-state index in [1.807, 2.05) is 24.3 Å². The zero-order chi connectivity index (χ0) is 23.6. The van der Waals surface area contributed by atoms with Gasteiger partial charge in [-0.2, -0.15) is 0 Å². The van der Waals surface area contributed by atoms with Gasteiger partial charge in [0.05, 0.1) is 16.7 Å². The average molecular weight is 545 g/mol. The van der Waals surface area contributed by atoms with Crippen LogP contribution in [0, 0.1) is 0 Å². The monoisotopic (exact) mass is 543 g/mol. The van der Waals surface area contributed by atoms with Crippen molar-refractivity contribution in [2.24, 2.45) is 0 Å². The number of carbonyl (C=O) groups excluding carboxylic acids is 1. The summed E-state index contributed by atoms with van der Waals surface area (Å²) in [5.74, 6) is 0.691. The maximum absolute atomic E-state index is 12.7. The van der Waals surface area contributed by atoms with Crippen molar-refractivity contribution in [3.05, 3.63) is 62.6 Å². The molecule has 1 amide bonds. The average Bonchev–Trinajstić information content (AvgIpc) is 3.24. The summed E-state index contributed by atoms with van der Waals surface area (Å²) in [7, 11) is 0. The number of halogens is 3. The van der Waals surface area contributed by atoms with E-state index in [1.165, 1.54) is 42.4 Å². The number of hydrogen-bond acceptors (Lipinski definition) is 6. The van der Waals surface area contributed by atoms with Gasteiger partial charge >= 0.3 is 0 Å². The summed E-state index contributed by atoms with van der Waals surface area (Å²) in [4.78, 5) is 12.7. The Hall–Kier alpha value is -1.51. The van der Waals surface area contributed by atoms with Crippen LogP contribution in [0.2, 0.25) is 15.1 Å². The summed E-state index contributed by atoms with van der Waals surface area (Å²) >= 11 is 21.6. The lowest BCUT2D eigenvalue weighted by molar-refractivity contribution is 0.102. The molecule has 0 saturated carbocycles. The molecule has 5 nitrogen and oxygen atoms in total. The Balaban J connectivity index is 1.54. The molecule has 0 aliphatic heterocycles. The highest BCUT2D eigenvalue weighted by Gasteiger charge is 2.16. The smallest absolute Gasteiger partial charge is 0.257 e. The molecule has 0 aliphatic rings. The van der Waals surface area contributed by atoms with Gasteiger partial charge < -0.3 is 4.74 Å². The fraction of sp³-hybridized carbons (Fsp3) is 0.348. The number of ether oxygens (including phenoxy) is 1. The topological polar surface area (TPSA) is 64.1 Å².